The van der Waals surface area contributed by atoms with E-state index in [2.05, 4.69) is 10.2 Å². The maximum Gasteiger partial charge on any atom is 0.257 e. The average Bonchev–Trinajstić information content (AvgIpc) is 3.33. The molecular formula is C17H16ClN3O3S2. The topological polar surface area (TPSA) is 76.3 Å². The predicted molar refractivity (Wildman–Crippen MR) is 99.5 cm³/mol. The van der Waals surface area contributed by atoms with E-state index in [0.717, 1.165) is 17.7 Å². The number of piperidine rings is 1. The van der Waals surface area contributed by atoms with Crippen molar-refractivity contribution in [3.05, 3.63) is 52.7 Å². The summed E-state index contributed by atoms with van der Waals surface area (Å²) in [5, 5.41) is 10.5. The van der Waals surface area contributed by atoms with Gasteiger partial charge in [0.1, 0.15) is 6.04 Å². The van der Waals surface area contributed by atoms with Crippen LogP contribution in [0.2, 0.25) is 5.02 Å². The molecule has 0 N–H and O–H groups in total. The van der Waals surface area contributed by atoms with Crippen LogP contribution in [-0.4, -0.2) is 29.5 Å². The van der Waals surface area contributed by atoms with Crippen LogP contribution < -0.4 is 0 Å². The standard InChI is InChI=1S/C17H16ClN3O3S2/c18-12-5-3-6-13(11-12)26(22,23)21-9-2-1-7-14(21)16-19-20-17(24-16)15-8-4-10-25-15/h3-6,8,10-11,14H,1-2,7,9H2. The van der Waals surface area contributed by atoms with Gasteiger partial charge in [-0.05, 0) is 42.5 Å². The molecule has 1 fully saturated rings. The van der Waals surface area contributed by atoms with Crippen LogP contribution in [0.1, 0.15) is 31.2 Å². The predicted octanol–water partition coefficient (Wildman–Crippen LogP) is 4.37. The Hall–Kier alpha value is -1.74. The van der Waals surface area contributed by atoms with E-state index in [9.17, 15) is 8.42 Å². The Morgan fingerprint density at radius 3 is 2.85 bits per heavy atom. The van der Waals surface area contributed by atoms with Crippen LogP contribution in [0.15, 0.2) is 51.1 Å². The van der Waals surface area contributed by atoms with Crippen molar-refractivity contribution in [1.82, 2.24) is 14.5 Å². The molecular weight excluding hydrogens is 394 g/mol. The zero-order chi connectivity index (χ0) is 18.1. The lowest BCUT2D eigenvalue weighted by molar-refractivity contribution is 0.220. The van der Waals surface area contributed by atoms with Crippen LogP contribution in [0, 0.1) is 0 Å². The van der Waals surface area contributed by atoms with Gasteiger partial charge in [0, 0.05) is 11.6 Å². The van der Waals surface area contributed by atoms with Crippen LogP contribution >= 0.6 is 22.9 Å². The van der Waals surface area contributed by atoms with Crippen LogP contribution in [0.4, 0.5) is 0 Å². The Morgan fingerprint density at radius 2 is 2.08 bits per heavy atom. The molecule has 0 spiro atoms. The molecule has 1 aliphatic rings. The van der Waals surface area contributed by atoms with Gasteiger partial charge in [0.05, 0.1) is 9.77 Å². The lowest BCUT2D eigenvalue weighted by Crippen LogP contribution is -2.38. The van der Waals surface area contributed by atoms with Gasteiger partial charge in [0.25, 0.3) is 5.89 Å². The Morgan fingerprint density at radius 1 is 1.19 bits per heavy atom. The van der Waals surface area contributed by atoms with Gasteiger partial charge in [0.2, 0.25) is 15.9 Å². The summed E-state index contributed by atoms with van der Waals surface area (Å²) >= 11 is 7.48. The van der Waals surface area contributed by atoms with Crippen LogP contribution in [0.3, 0.4) is 0 Å². The number of aromatic nitrogens is 2. The quantitative estimate of drug-likeness (QED) is 0.639. The van der Waals surface area contributed by atoms with Crippen LogP contribution in [-0.2, 0) is 10.0 Å². The number of nitrogens with zero attached hydrogens (tertiary/aromatic N) is 3. The molecule has 26 heavy (non-hydrogen) atoms. The fraction of sp³-hybridized carbons (Fsp3) is 0.294. The number of sulfonamides is 1. The van der Waals surface area contributed by atoms with Gasteiger partial charge in [0.15, 0.2) is 0 Å². The fourth-order valence-corrected chi connectivity index (χ4v) is 5.67. The third kappa shape index (κ3) is 3.29. The van der Waals surface area contributed by atoms with Crippen LogP contribution in [0.5, 0.6) is 0 Å². The fourth-order valence-electron chi connectivity index (χ4n) is 3.07. The molecule has 136 valence electrons. The molecule has 4 rings (SSSR count). The number of rotatable bonds is 4. The van der Waals surface area contributed by atoms with E-state index in [1.165, 1.54) is 21.7 Å². The van der Waals surface area contributed by atoms with E-state index >= 15 is 0 Å². The number of hydrogen-bond acceptors (Lipinski definition) is 6. The Labute approximate surface area is 160 Å². The van der Waals surface area contributed by atoms with E-state index < -0.39 is 16.1 Å². The van der Waals surface area contributed by atoms with Crippen molar-refractivity contribution in [2.45, 2.75) is 30.2 Å². The van der Waals surface area contributed by atoms with Gasteiger partial charge in [-0.15, -0.1) is 21.5 Å². The number of thiophene rings is 1. The second-order valence-corrected chi connectivity index (χ2v) is 9.28. The first-order valence-electron chi connectivity index (χ1n) is 8.20. The molecule has 9 heteroatoms. The molecule has 0 saturated carbocycles. The zero-order valence-corrected chi connectivity index (χ0v) is 16.1. The highest BCUT2D eigenvalue weighted by Crippen LogP contribution is 2.36. The Balaban J connectivity index is 1.69. The minimum absolute atomic E-state index is 0.176. The summed E-state index contributed by atoms with van der Waals surface area (Å²) in [6.45, 7) is 0.413. The van der Waals surface area contributed by atoms with Gasteiger partial charge in [-0.1, -0.05) is 30.2 Å². The summed E-state index contributed by atoms with van der Waals surface area (Å²) in [7, 11) is -3.70. The van der Waals surface area contributed by atoms with Gasteiger partial charge in [-0.25, -0.2) is 8.42 Å². The van der Waals surface area contributed by atoms with Crippen molar-refractivity contribution in [3.63, 3.8) is 0 Å². The third-order valence-electron chi connectivity index (χ3n) is 4.31. The summed E-state index contributed by atoms with van der Waals surface area (Å²) in [5.74, 6) is 0.749. The molecule has 1 saturated heterocycles. The van der Waals surface area contributed by atoms with Gasteiger partial charge in [-0.3, -0.25) is 0 Å². The SMILES string of the molecule is O=S(=O)(c1cccc(Cl)c1)N1CCCCC1c1nnc(-c2cccs2)o1. The summed E-state index contributed by atoms with van der Waals surface area (Å²) in [6.07, 6.45) is 2.34. The lowest BCUT2D eigenvalue weighted by atomic mass is 10.1. The highest BCUT2D eigenvalue weighted by Gasteiger charge is 2.37. The van der Waals surface area contributed by atoms with Crippen LogP contribution in [0.25, 0.3) is 10.8 Å². The van der Waals surface area contributed by atoms with E-state index in [0.29, 0.717) is 29.8 Å². The van der Waals surface area contributed by atoms with Gasteiger partial charge >= 0.3 is 0 Å². The van der Waals surface area contributed by atoms with E-state index in [1.54, 1.807) is 18.2 Å². The maximum absolute atomic E-state index is 13.1. The van der Waals surface area contributed by atoms with Gasteiger partial charge in [-0.2, -0.15) is 4.31 Å². The van der Waals surface area contributed by atoms with E-state index in [4.69, 9.17) is 16.0 Å². The van der Waals surface area contributed by atoms with Crippen molar-refractivity contribution < 1.29 is 12.8 Å². The van der Waals surface area contributed by atoms with Gasteiger partial charge < -0.3 is 4.42 Å². The van der Waals surface area contributed by atoms with Crippen molar-refractivity contribution in [2.75, 3.05) is 6.54 Å². The first kappa shape index (κ1) is 17.7. The molecule has 0 amide bonds. The molecule has 2 aromatic heterocycles. The highest BCUT2D eigenvalue weighted by atomic mass is 35.5. The largest absolute Gasteiger partial charge is 0.418 e. The molecule has 1 unspecified atom stereocenters. The lowest BCUT2D eigenvalue weighted by Gasteiger charge is -2.32. The molecule has 1 atom stereocenters. The Kier molecular flexibility index (Phi) is 4.83. The molecule has 6 nitrogen and oxygen atoms in total. The summed E-state index contributed by atoms with van der Waals surface area (Å²) in [5.41, 5.74) is 0. The smallest absolute Gasteiger partial charge is 0.257 e. The molecule has 0 bridgehead atoms. The first-order chi connectivity index (χ1) is 12.6. The number of benzene rings is 1. The van der Waals surface area contributed by atoms with Crippen molar-refractivity contribution >= 4 is 33.0 Å². The average molecular weight is 410 g/mol. The van der Waals surface area contributed by atoms with E-state index in [1.807, 2.05) is 17.5 Å². The van der Waals surface area contributed by atoms with Crippen molar-refractivity contribution in [3.8, 4) is 10.8 Å². The normalized spacial score (nSPS) is 18.9. The second-order valence-electron chi connectivity index (χ2n) is 6.01. The molecule has 3 aromatic rings. The monoisotopic (exact) mass is 409 g/mol. The van der Waals surface area contributed by atoms with Crippen molar-refractivity contribution in [2.24, 2.45) is 0 Å². The highest BCUT2D eigenvalue weighted by molar-refractivity contribution is 7.89. The maximum atomic E-state index is 13.1. The summed E-state index contributed by atoms with van der Waals surface area (Å²) in [4.78, 5) is 1.04. The van der Waals surface area contributed by atoms with E-state index in [-0.39, 0.29) is 4.90 Å². The molecule has 0 radical (unpaired) electrons. The minimum atomic E-state index is -3.70. The molecule has 0 aliphatic carbocycles. The molecule has 1 aliphatic heterocycles. The molecule has 3 heterocycles. The van der Waals surface area contributed by atoms with Crippen molar-refractivity contribution in [1.29, 1.82) is 0 Å². The summed E-state index contributed by atoms with van der Waals surface area (Å²) < 4.78 is 33.5. The first-order valence-corrected chi connectivity index (χ1v) is 10.9. The Bertz CT molecular complexity index is 1000. The molecule has 1 aromatic carbocycles. The summed E-state index contributed by atoms with van der Waals surface area (Å²) in [6, 6.07) is 9.64. The number of halogens is 1. The zero-order valence-electron chi connectivity index (χ0n) is 13.7. The third-order valence-corrected chi connectivity index (χ3v) is 7.31. The second kappa shape index (κ2) is 7.11. The number of hydrogen-bond donors (Lipinski definition) is 0. The minimum Gasteiger partial charge on any atom is -0.418 e.